The molecular formula is C12H15BrFN3O2. The summed E-state index contributed by atoms with van der Waals surface area (Å²) in [5, 5.41) is 14.1. The van der Waals surface area contributed by atoms with Crippen molar-refractivity contribution in [2.45, 2.75) is 13.8 Å². The molecule has 104 valence electrons. The summed E-state index contributed by atoms with van der Waals surface area (Å²) in [7, 11) is 0. The van der Waals surface area contributed by atoms with Crippen molar-refractivity contribution in [1.82, 2.24) is 5.32 Å². The van der Waals surface area contributed by atoms with E-state index in [2.05, 4.69) is 26.4 Å². The Morgan fingerprint density at radius 1 is 1.53 bits per heavy atom. The highest BCUT2D eigenvalue weighted by Gasteiger charge is 2.24. The number of amides is 1. The van der Waals surface area contributed by atoms with Crippen LogP contribution in [-0.4, -0.2) is 23.5 Å². The minimum absolute atomic E-state index is 0.00761. The number of nitrogens with two attached hydrogens (primary N) is 1. The van der Waals surface area contributed by atoms with Gasteiger partial charge in [-0.1, -0.05) is 34.9 Å². The zero-order valence-electron chi connectivity index (χ0n) is 10.6. The maximum atomic E-state index is 13.2. The minimum atomic E-state index is -0.699. The van der Waals surface area contributed by atoms with E-state index in [4.69, 9.17) is 10.9 Å². The number of nitrogens with one attached hydrogen (secondary N) is 1. The molecule has 1 aromatic carbocycles. The average molecular weight is 332 g/mol. The molecule has 1 amide bonds. The van der Waals surface area contributed by atoms with Crippen molar-refractivity contribution < 1.29 is 14.4 Å². The summed E-state index contributed by atoms with van der Waals surface area (Å²) in [6.45, 7) is 3.59. The number of halogens is 2. The molecule has 0 unspecified atom stereocenters. The van der Waals surface area contributed by atoms with Crippen LogP contribution in [-0.2, 0) is 0 Å². The Morgan fingerprint density at radius 3 is 2.68 bits per heavy atom. The van der Waals surface area contributed by atoms with E-state index >= 15 is 0 Å². The highest BCUT2D eigenvalue weighted by molar-refractivity contribution is 9.10. The topological polar surface area (TPSA) is 87.7 Å². The van der Waals surface area contributed by atoms with E-state index in [0.717, 1.165) is 6.07 Å². The zero-order valence-corrected chi connectivity index (χ0v) is 12.2. The molecule has 0 aliphatic heterocycles. The molecule has 0 saturated carbocycles. The van der Waals surface area contributed by atoms with Crippen molar-refractivity contribution in [2.24, 2.45) is 16.3 Å². The van der Waals surface area contributed by atoms with E-state index in [-0.39, 0.29) is 17.9 Å². The molecule has 1 rings (SSSR count). The second-order valence-corrected chi connectivity index (χ2v) is 5.63. The lowest BCUT2D eigenvalue weighted by atomic mass is 9.92. The second kappa shape index (κ2) is 6.01. The fourth-order valence-electron chi connectivity index (χ4n) is 1.31. The lowest BCUT2D eigenvalue weighted by molar-refractivity contribution is 0.0944. The van der Waals surface area contributed by atoms with Gasteiger partial charge in [-0.3, -0.25) is 4.79 Å². The number of hydrogen-bond acceptors (Lipinski definition) is 3. The van der Waals surface area contributed by atoms with Gasteiger partial charge in [0.25, 0.3) is 5.91 Å². The standard InChI is InChI=1S/C12H15BrFN3O2/c1-12(2,11(15)17-19)6-16-10(18)7-3-8(13)5-9(14)4-7/h3-5,19H,6H2,1-2H3,(H2,15,17)(H,16,18). The number of carbonyl (C=O) groups excluding carboxylic acids is 1. The van der Waals surface area contributed by atoms with Gasteiger partial charge >= 0.3 is 0 Å². The van der Waals surface area contributed by atoms with E-state index in [9.17, 15) is 9.18 Å². The normalized spacial score (nSPS) is 12.3. The summed E-state index contributed by atoms with van der Waals surface area (Å²) >= 11 is 3.11. The molecule has 0 aromatic heterocycles. The number of hydrogen-bond donors (Lipinski definition) is 3. The molecule has 0 heterocycles. The third-order valence-electron chi connectivity index (χ3n) is 2.62. The van der Waals surface area contributed by atoms with Gasteiger partial charge in [-0.2, -0.15) is 0 Å². The van der Waals surface area contributed by atoms with Gasteiger partial charge in [0.2, 0.25) is 0 Å². The molecule has 0 aliphatic rings. The molecule has 0 radical (unpaired) electrons. The van der Waals surface area contributed by atoms with Crippen LogP contribution in [0.5, 0.6) is 0 Å². The monoisotopic (exact) mass is 331 g/mol. The van der Waals surface area contributed by atoms with E-state index in [1.165, 1.54) is 12.1 Å². The van der Waals surface area contributed by atoms with E-state index in [1.54, 1.807) is 13.8 Å². The van der Waals surface area contributed by atoms with Gasteiger partial charge in [0.05, 0.1) is 0 Å². The molecule has 7 heteroatoms. The Kier molecular flexibility index (Phi) is 4.88. The Labute approximate surface area is 118 Å². The van der Waals surface area contributed by atoms with Crippen molar-refractivity contribution in [3.63, 3.8) is 0 Å². The Bertz CT molecular complexity index is 497. The fraction of sp³-hybridized carbons (Fsp3) is 0.333. The summed E-state index contributed by atoms with van der Waals surface area (Å²) in [6, 6.07) is 3.91. The number of amidine groups is 1. The summed E-state index contributed by atoms with van der Waals surface area (Å²) in [6.07, 6.45) is 0. The Morgan fingerprint density at radius 2 is 2.16 bits per heavy atom. The van der Waals surface area contributed by atoms with E-state index < -0.39 is 17.1 Å². The lowest BCUT2D eigenvalue weighted by Gasteiger charge is -2.23. The van der Waals surface area contributed by atoms with Gasteiger partial charge < -0.3 is 16.3 Å². The predicted molar refractivity (Wildman–Crippen MR) is 73.6 cm³/mol. The van der Waals surface area contributed by atoms with Crippen LogP contribution in [0.15, 0.2) is 27.8 Å². The average Bonchev–Trinajstić information content (AvgIpc) is 2.33. The highest BCUT2D eigenvalue weighted by atomic mass is 79.9. The van der Waals surface area contributed by atoms with Gasteiger partial charge in [0.1, 0.15) is 11.7 Å². The fourth-order valence-corrected chi connectivity index (χ4v) is 1.78. The van der Waals surface area contributed by atoms with Gasteiger partial charge in [-0.25, -0.2) is 4.39 Å². The smallest absolute Gasteiger partial charge is 0.251 e. The Balaban J connectivity index is 2.76. The highest BCUT2D eigenvalue weighted by Crippen LogP contribution is 2.16. The first-order valence-electron chi connectivity index (χ1n) is 5.48. The summed E-state index contributed by atoms with van der Waals surface area (Å²) in [4.78, 5) is 11.9. The van der Waals surface area contributed by atoms with Crippen LogP contribution in [0.4, 0.5) is 4.39 Å². The van der Waals surface area contributed by atoms with Gasteiger partial charge in [0.15, 0.2) is 0 Å². The first kappa shape index (κ1) is 15.4. The third-order valence-corrected chi connectivity index (χ3v) is 3.07. The molecule has 0 saturated heterocycles. The first-order chi connectivity index (χ1) is 8.76. The largest absolute Gasteiger partial charge is 0.409 e. The number of nitrogens with zero attached hydrogens (tertiary/aromatic N) is 1. The maximum Gasteiger partial charge on any atom is 0.251 e. The maximum absolute atomic E-state index is 13.2. The quantitative estimate of drug-likeness (QED) is 0.341. The van der Waals surface area contributed by atoms with Crippen LogP contribution in [0.25, 0.3) is 0 Å². The number of rotatable bonds is 4. The molecule has 4 N–H and O–H groups in total. The minimum Gasteiger partial charge on any atom is -0.409 e. The van der Waals surface area contributed by atoms with Crippen molar-refractivity contribution in [3.8, 4) is 0 Å². The molecule has 5 nitrogen and oxygen atoms in total. The summed E-state index contributed by atoms with van der Waals surface area (Å²) < 4.78 is 13.6. The van der Waals surface area contributed by atoms with Gasteiger partial charge in [-0.15, -0.1) is 0 Å². The van der Waals surface area contributed by atoms with Crippen LogP contribution in [0, 0.1) is 11.2 Å². The summed E-state index contributed by atoms with van der Waals surface area (Å²) in [5.41, 5.74) is 5.00. The van der Waals surface area contributed by atoms with Crippen molar-refractivity contribution >= 4 is 27.7 Å². The van der Waals surface area contributed by atoms with Crippen LogP contribution < -0.4 is 11.1 Å². The van der Waals surface area contributed by atoms with Gasteiger partial charge in [-0.05, 0) is 18.2 Å². The van der Waals surface area contributed by atoms with Crippen molar-refractivity contribution in [1.29, 1.82) is 0 Å². The van der Waals surface area contributed by atoms with Crippen LogP contribution in [0.1, 0.15) is 24.2 Å². The summed E-state index contributed by atoms with van der Waals surface area (Å²) in [5.74, 6) is -0.928. The second-order valence-electron chi connectivity index (χ2n) is 4.71. The van der Waals surface area contributed by atoms with Gasteiger partial charge in [0, 0.05) is 22.0 Å². The predicted octanol–water partition coefficient (Wildman–Crippen LogP) is 2.09. The van der Waals surface area contributed by atoms with E-state index in [0.29, 0.717) is 4.47 Å². The lowest BCUT2D eigenvalue weighted by Crippen LogP contribution is -2.42. The first-order valence-corrected chi connectivity index (χ1v) is 6.28. The zero-order chi connectivity index (χ0) is 14.6. The molecular weight excluding hydrogens is 317 g/mol. The number of carbonyl (C=O) groups is 1. The van der Waals surface area contributed by atoms with Crippen LogP contribution in [0.3, 0.4) is 0 Å². The van der Waals surface area contributed by atoms with Crippen molar-refractivity contribution in [3.05, 3.63) is 34.1 Å². The molecule has 0 aliphatic carbocycles. The molecule has 0 spiro atoms. The van der Waals surface area contributed by atoms with Crippen molar-refractivity contribution in [2.75, 3.05) is 6.54 Å². The molecule has 0 fully saturated rings. The molecule has 0 bridgehead atoms. The molecule has 1 aromatic rings. The SMILES string of the molecule is CC(C)(CNC(=O)c1cc(F)cc(Br)c1)/C(N)=N/O. The van der Waals surface area contributed by atoms with Crippen LogP contribution >= 0.6 is 15.9 Å². The molecule has 19 heavy (non-hydrogen) atoms. The van der Waals surface area contributed by atoms with E-state index in [1.807, 2.05) is 0 Å². The van der Waals surface area contributed by atoms with Crippen LogP contribution in [0.2, 0.25) is 0 Å². The molecule has 0 atom stereocenters. The number of benzene rings is 1. The third kappa shape index (κ3) is 4.20. The number of oxime groups is 1. The Hall–Kier alpha value is -1.63.